The van der Waals surface area contributed by atoms with Gasteiger partial charge < -0.3 is 0 Å². The fraction of sp³-hybridized carbons (Fsp3) is 0.833. The maximum atomic E-state index is 10.6. The van der Waals surface area contributed by atoms with Gasteiger partial charge in [0.05, 0.1) is 0 Å². The van der Waals surface area contributed by atoms with Gasteiger partial charge in [0.2, 0.25) is 0 Å². The number of Topliss-reactive ketones (excluding diaryl/α,β-unsaturated/α-hetero) is 1. The van der Waals surface area contributed by atoms with Gasteiger partial charge in [-0.25, -0.2) is 0 Å². The zero-order valence-corrected chi connectivity index (χ0v) is 4.31. The van der Waals surface area contributed by atoms with Crippen LogP contribution in [-0.4, -0.2) is 5.78 Å². The minimum Gasteiger partial charge on any atom is -0.300 e. The second-order valence-electron chi connectivity index (χ2n) is 1.92. The third-order valence-electron chi connectivity index (χ3n) is 1.25. The Kier molecular flexibility index (Phi) is 1.09. The predicted octanol–water partition coefficient (Wildman–Crippen LogP) is 1.52. The molecule has 7 heavy (non-hydrogen) atoms. The molecule has 1 nitrogen and oxygen atoms in total. The predicted molar refractivity (Wildman–Crippen MR) is 28.1 cm³/mol. The normalized spacial score (nSPS) is 35.1. The lowest BCUT2D eigenvalue weighted by atomic mass is 10.00. The highest BCUT2D eigenvalue weighted by atomic mass is 16.1. The lowest BCUT2D eigenvalue weighted by molar-refractivity contribution is -0.120. The van der Waals surface area contributed by atoms with E-state index in [4.69, 9.17) is 1.37 Å². The molecule has 0 saturated heterocycles. The Morgan fingerprint density at radius 1 is 1.43 bits per heavy atom. The SMILES string of the molecule is [3H]C1CCCCC1=O. The Balaban J connectivity index is 2.39. The molecule has 40 valence electrons. The largest absolute Gasteiger partial charge is 0.300 e. The molecule has 0 aliphatic heterocycles. The maximum absolute atomic E-state index is 10.6. The summed E-state index contributed by atoms with van der Waals surface area (Å²) in [7, 11) is 0. The maximum Gasteiger partial charge on any atom is 0.132 e. The van der Waals surface area contributed by atoms with E-state index < -0.39 is 0 Å². The summed E-state index contributed by atoms with van der Waals surface area (Å²) >= 11 is 0. The van der Waals surface area contributed by atoms with E-state index in [1.54, 1.807) is 0 Å². The molecule has 1 aliphatic rings. The van der Waals surface area contributed by atoms with E-state index in [-0.39, 0.29) is 12.2 Å². The van der Waals surface area contributed by atoms with E-state index in [0.29, 0.717) is 6.42 Å². The monoisotopic (exact) mass is 100 g/mol. The molecule has 1 unspecified atom stereocenters. The van der Waals surface area contributed by atoms with Crippen molar-refractivity contribution in [2.24, 2.45) is 0 Å². The highest BCUT2D eigenvalue weighted by Gasteiger charge is 2.05. The standard InChI is InChI=1S/C6H10O/c7-6-4-2-1-3-5-6/h1-5H2/i4T. The summed E-state index contributed by atoms with van der Waals surface area (Å²) in [6.45, 7) is 0. The van der Waals surface area contributed by atoms with Crippen molar-refractivity contribution in [1.29, 1.82) is 0 Å². The van der Waals surface area contributed by atoms with Crippen LogP contribution in [0.3, 0.4) is 0 Å². The first-order chi connectivity index (χ1) is 3.80. The van der Waals surface area contributed by atoms with Crippen LogP contribution in [0.2, 0.25) is 0 Å². The van der Waals surface area contributed by atoms with Gasteiger partial charge in [0, 0.05) is 14.2 Å². The first-order valence-corrected chi connectivity index (χ1v) is 2.75. The Morgan fingerprint density at radius 3 is 2.71 bits per heavy atom. The molecule has 1 saturated carbocycles. The summed E-state index contributed by atoms with van der Waals surface area (Å²) in [4.78, 5) is 10.6. The van der Waals surface area contributed by atoms with Gasteiger partial charge in [0.1, 0.15) is 5.78 Å². The highest BCUT2D eigenvalue weighted by Crippen LogP contribution is 2.12. The molecule has 1 fully saturated rings. The van der Waals surface area contributed by atoms with Crippen molar-refractivity contribution in [1.82, 2.24) is 0 Å². The van der Waals surface area contributed by atoms with Crippen molar-refractivity contribution in [2.75, 3.05) is 0 Å². The first-order valence-electron chi connectivity index (χ1n) is 3.33. The molecule has 1 aliphatic carbocycles. The van der Waals surface area contributed by atoms with E-state index in [1.807, 2.05) is 0 Å². The molecule has 0 aromatic heterocycles. The zero-order valence-electron chi connectivity index (χ0n) is 5.31. The van der Waals surface area contributed by atoms with Gasteiger partial charge in [-0.2, -0.15) is 0 Å². The summed E-state index contributed by atoms with van der Waals surface area (Å²) in [5, 5.41) is 0. The average Bonchev–Trinajstić information content (AvgIpc) is 1.77. The van der Waals surface area contributed by atoms with Crippen LogP contribution in [0.5, 0.6) is 0 Å². The fourth-order valence-corrected chi connectivity index (χ4v) is 0.809. The van der Waals surface area contributed by atoms with E-state index in [2.05, 4.69) is 0 Å². The van der Waals surface area contributed by atoms with E-state index in [1.165, 1.54) is 0 Å². The van der Waals surface area contributed by atoms with Crippen LogP contribution in [0, 0.1) is 0 Å². The molecule has 0 aromatic carbocycles. The smallest absolute Gasteiger partial charge is 0.132 e. The van der Waals surface area contributed by atoms with E-state index >= 15 is 0 Å². The van der Waals surface area contributed by atoms with Crippen LogP contribution < -0.4 is 0 Å². The molecule has 0 N–H and O–H groups in total. The number of hydrogen-bond donors (Lipinski definition) is 0. The van der Waals surface area contributed by atoms with Crippen molar-refractivity contribution in [3.05, 3.63) is 0 Å². The Bertz CT molecular complexity index is 101. The van der Waals surface area contributed by atoms with Gasteiger partial charge in [0.25, 0.3) is 0 Å². The second-order valence-corrected chi connectivity index (χ2v) is 1.92. The number of hydrogen-bond acceptors (Lipinski definition) is 1. The van der Waals surface area contributed by atoms with Crippen LogP contribution in [0.4, 0.5) is 0 Å². The number of rotatable bonds is 0. The summed E-state index contributed by atoms with van der Waals surface area (Å²) < 4.78 is 7.13. The van der Waals surface area contributed by atoms with Gasteiger partial charge >= 0.3 is 0 Å². The van der Waals surface area contributed by atoms with Crippen LogP contribution in [0.1, 0.15) is 33.5 Å². The highest BCUT2D eigenvalue weighted by molar-refractivity contribution is 5.78. The minimum atomic E-state index is -0.385. The Morgan fingerprint density at radius 2 is 2.29 bits per heavy atom. The van der Waals surface area contributed by atoms with Crippen LogP contribution >= 0.6 is 0 Å². The van der Waals surface area contributed by atoms with Gasteiger partial charge in [-0.05, 0) is 12.8 Å². The zero-order chi connectivity index (χ0) is 5.98. The molecule has 1 rings (SSSR count). The molecule has 0 spiro atoms. The number of carbonyl (C=O) groups is 1. The topological polar surface area (TPSA) is 17.1 Å². The third-order valence-corrected chi connectivity index (χ3v) is 1.25. The van der Waals surface area contributed by atoms with Crippen molar-refractivity contribution in [3.63, 3.8) is 0 Å². The Hall–Kier alpha value is -0.330. The van der Waals surface area contributed by atoms with Gasteiger partial charge in [-0.15, -0.1) is 0 Å². The molecule has 1 atom stereocenters. The summed E-state index contributed by atoms with van der Waals surface area (Å²) in [5.74, 6) is 0.135. The first kappa shape index (κ1) is 3.65. The molecule has 1 heteroatoms. The molecule has 0 amide bonds. The minimum absolute atomic E-state index is 0.135. The fourth-order valence-electron chi connectivity index (χ4n) is 0.809. The summed E-state index contributed by atoms with van der Waals surface area (Å²) in [6, 6.07) is 0. The molecule has 0 radical (unpaired) electrons. The molecule has 0 aromatic rings. The van der Waals surface area contributed by atoms with Crippen LogP contribution in [0.25, 0.3) is 0 Å². The second kappa shape index (κ2) is 2.10. The van der Waals surface area contributed by atoms with Crippen molar-refractivity contribution < 1.29 is 6.17 Å². The molecule has 0 bridgehead atoms. The van der Waals surface area contributed by atoms with Crippen LogP contribution in [0.15, 0.2) is 0 Å². The molecular weight excluding hydrogens is 88.1 g/mol. The average molecular weight is 100 g/mol. The number of ketones is 1. The third kappa shape index (κ3) is 1.30. The van der Waals surface area contributed by atoms with E-state index in [0.717, 1.165) is 19.3 Å². The van der Waals surface area contributed by atoms with Crippen molar-refractivity contribution in [3.8, 4) is 0 Å². The van der Waals surface area contributed by atoms with Crippen LogP contribution in [-0.2, 0) is 4.79 Å². The summed E-state index contributed by atoms with van der Waals surface area (Å²) in [5.41, 5.74) is 0. The van der Waals surface area contributed by atoms with Gasteiger partial charge in [-0.3, -0.25) is 4.79 Å². The summed E-state index contributed by atoms with van der Waals surface area (Å²) in [6.07, 6.45) is 3.13. The Labute approximate surface area is 45.1 Å². The lowest BCUT2D eigenvalue weighted by Crippen LogP contribution is -2.02. The lowest BCUT2D eigenvalue weighted by Gasteiger charge is -2.05. The van der Waals surface area contributed by atoms with Gasteiger partial charge in [0.15, 0.2) is 0 Å². The molecular formula is C6H10O. The van der Waals surface area contributed by atoms with Crippen molar-refractivity contribution in [2.45, 2.75) is 32.1 Å². The number of carbonyl (C=O) groups excluding carboxylic acids is 1. The van der Waals surface area contributed by atoms with E-state index in [9.17, 15) is 4.79 Å². The quantitative estimate of drug-likeness (QED) is 0.451. The van der Waals surface area contributed by atoms with Crippen molar-refractivity contribution >= 4 is 5.78 Å². The van der Waals surface area contributed by atoms with Gasteiger partial charge in [-0.1, -0.05) is 6.42 Å². The molecule has 0 heterocycles.